The Labute approximate surface area is 128 Å². The van der Waals surface area contributed by atoms with Crippen LogP contribution >= 0.6 is 0 Å². The van der Waals surface area contributed by atoms with Crippen LogP contribution in [0, 0.1) is 5.92 Å². The van der Waals surface area contributed by atoms with Crippen molar-refractivity contribution in [2.45, 2.75) is 44.6 Å². The lowest BCUT2D eigenvalue weighted by Gasteiger charge is -2.21. The van der Waals surface area contributed by atoms with Crippen LogP contribution in [0.25, 0.3) is 0 Å². The Bertz CT molecular complexity index is 554. The number of sulfonamides is 1. The summed E-state index contributed by atoms with van der Waals surface area (Å²) in [5, 5.41) is 3.27. The molecule has 2 atom stereocenters. The van der Waals surface area contributed by atoms with Gasteiger partial charge in [-0.2, -0.15) is 4.31 Å². The molecule has 0 aliphatic carbocycles. The molecule has 21 heavy (non-hydrogen) atoms. The van der Waals surface area contributed by atoms with E-state index in [4.69, 9.17) is 0 Å². The first-order valence-corrected chi connectivity index (χ1v) is 9.20. The number of benzene rings is 1. The van der Waals surface area contributed by atoms with Gasteiger partial charge in [-0.15, -0.1) is 0 Å². The van der Waals surface area contributed by atoms with Crippen LogP contribution in [0.1, 0.15) is 32.8 Å². The average molecular weight is 310 g/mol. The molecule has 0 saturated carbocycles. The van der Waals surface area contributed by atoms with E-state index in [1.54, 1.807) is 16.4 Å². The van der Waals surface area contributed by atoms with Crippen LogP contribution in [0.5, 0.6) is 0 Å². The summed E-state index contributed by atoms with van der Waals surface area (Å²) in [6.45, 7) is 8.68. The predicted octanol–water partition coefficient (Wildman–Crippen LogP) is 2.26. The van der Waals surface area contributed by atoms with E-state index in [9.17, 15) is 8.42 Å². The second-order valence-electron chi connectivity index (χ2n) is 6.01. The molecule has 2 rings (SSSR count). The number of nitrogens with zero attached hydrogens (tertiary/aromatic N) is 1. The Hall–Kier alpha value is -0.910. The summed E-state index contributed by atoms with van der Waals surface area (Å²) >= 11 is 0. The van der Waals surface area contributed by atoms with Crippen LogP contribution in [-0.4, -0.2) is 38.4 Å². The molecule has 1 heterocycles. The van der Waals surface area contributed by atoms with Gasteiger partial charge in [0.25, 0.3) is 0 Å². The molecule has 2 unspecified atom stereocenters. The maximum Gasteiger partial charge on any atom is 0.243 e. The molecule has 0 aromatic heterocycles. The minimum Gasteiger partial charge on any atom is -0.317 e. The normalized spacial score (nSPS) is 23.6. The van der Waals surface area contributed by atoms with Gasteiger partial charge in [0.05, 0.1) is 4.90 Å². The highest BCUT2D eigenvalue weighted by Crippen LogP contribution is 2.29. The minimum atomic E-state index is -3.35. The van der Waals surface area contributed by atoms with Crippen molar-refractivity contribution in [1.82, 2.24) is 9.62 Å². The maximum atomic E-state index is 12.7. The Morgan fingerprint density at radius 3 is 2.43 bits per heavy atom. The average Bonchev–Trinajstić information content (AvgIpc) is 2.79. The fourth-order valence-electron chi connectivity index (χ4n) is 2.97. The molecular formula is C16H26N2O2S. The summed E-state index contributed by atoms with van der Waals surface area (Å²) in [4.78, 5) is 0.413. The molecule has 1 saturated heterocycles. The van der Waals surface area contributed by atoms with Crippen LogP contribution in [0.2, 0.25) is 0 Å². The summed E-state index contributed by atoms with van der Waals surface area (Å²) in [5.74, 6) is 0.439. The van der Waals surface area contributed by atoms with E-state index in [0.717, 1.165) is 31.5 Å². The molecule has 0 spiro atoms. The molecule has 5 heteroatoms. The molecule has 1 aromatic carbocycles. The largest absolute Gasteiger partial charge is 0.317 e. The van der Waals surface area contributed by atoms with Crippen molar-refractivity contribution < 1.29 is 8.42 Å². The van der Waals surface area contributed by atoms with Gasteiger partial charge in [0, 0.05) is 12.6 Å². The Balaban J connectivity index is 2.10. The zero-order valence-corrected chi connectivity index (χ0v) is 14.0. The van der Waals surface area contributed by atoms with E-state index in [0.29, 0.717) is 17.4 Å². The van der Waals surface area contributed by atoms with Gasteiger partial charge in [-0.1, -0.05) is 26.0 Å². The number of hydrogen-bond donors (Lipinski definition) is 1. The van der Waals surface area contributed by atoms with Crippen molar-refractivity contribution in [3.8, 4) is 0 Å². The van der Waals surface area contributed by atoms with Gasteiger partial charge in [0.2, 0.25) is 10.0 Å². The van der Waals surface area contributed by atoms with Gasteiger partial charge in [0.15, 0.2) is 0 Å². The molecule has 0 radical (unpaired) electrons. The molecule has 1 N–H and O–H groups in total. The van der Waals surface area contributed by atoms with E-state index < -0.39 is 10.0 Å². The minimum absolute atomic E-state index is 0.0958. The maximum absolute atomic E-state index is 12.7. The first-order chi connectivity index (χ1) is 9.95. The third-order valence-electron chi connectivity index (χ3n) is 4.10. The number of likely N-dealkylation sites (N-methyl/N-ethyl adjacent to an activating group) is 1. The molecule has 118 valence electrons. The van der Waals surface area contributed by atoms with Crippen molar-refractivity contribution in [3.63, 3.8) is 0 Å². The Morgan fingerprint density at radius 1 is 1.24 bits per heavy atom. The van der Waals surface area contributed by atoms with Gasteiger partial charge < -0.3 is 5.32 Å². The zero-order chi connectivity index (χ0) is 15.5. The van der Waals surface area contributed by atoms with E-state index in [1.165, 1.54) is 0 Å². The Kier molecular flexibility index (Phi) is 5.41. The van der Waals surface area contributed by atoms with Crippen molar-refractivity contribution in [3.05, 3.63) is 29.8 Å². The summed E-state index contributed by atoms with van der Waals surface area (Å²) in [6.07, 6.45) is 1.87. The second kappa shape index (κ2) is 6.90. The highest BCUT2D eigenvalue weighted by molar-refractivity contribution is 7.89. The molecular weight excluding hydrogens is 284 g/mol. The number of rotatable bonds is 6. The standard InChI is InChI=1S/C16H26N2O2S/c1-4-17-10-9-15-5-7-16(8-6-15)21(19,20)18-12-13(2)11-14(18)3/h5-8,13-14,17H,4,9-12H2,1-3H3. The first-order valence-electron chi connectivity index (χ1n) is 7.76. The lowest BCUT2D eigenvalue weighted by Crippen LogP contribution is -2.34. The quantitative estimate of drug-likeness (QED) is 0.820. The highest BCUT2D eigenvalue weighted by Gasteiger charge is 2.35. The van der Waals surface area contributed by atoms with Crippen LogP contribution in [0.3, 0.4) is 0 Å². The summed E-state index contributed by atoms with van der Waals surface area (Å²) in [5.41, 5.74) is 1.16. The van der Waals surface area contributed by atoms with Gasteiger partial charge >= 0.3 is 0 Å². The molecule has 1 fully saturated rings. The lowest BCUT2D eigenvalue weighted by molar-refractivity contribution is 0.405. The SMILES string of the molecule is CCNCCc1ccc(S(=O)(=O)N2CC(C)CC2C)cc1. The zero-order valence-electron chi connectivity index (χ0n) is 13.2. The van der Waals surface area contributed by atoms with Crippen molar-refractivity contribution in [1.29, 1.82) is 0 Å². The molecule has 1 aromatic rings. The number of nitrogens with one attached hydrogen (secondary N) is 1. The summed E-state index contributed by atoms with van der Waals surface area (Å²) < 4.78 is 27.0. The smallest absolute Gasteiger partial charge is 0.243 e. The molecule has 0 amide bonds. The summed E-state index contributed by atoms with van der Waals surface area (Å²) in [7, 11) is -3.35. The monoisotopic (exact) mass is 310 g/mol. The first kappa shape index (κ1) is 16.5. The highest BCUT2D eigenvalue weighted by atomic mass is 32.2. The van der Waals surface area contributed by atoms with Crippen molar-refractivity contribution in [2.75, 3.05) is 19.6 Å². The Morgan fingerprint density at radius 2 is 1.90 bits per heavy atom. The molecule has 0 bridgehead atoms. The molecule has 4 nitrogen and oxygen atoms in total. The lowest BCUT2D eigenvalue weighted by atomic mass is 10.1. The fourth-order valence-corrected chi connectivity index (χ4v) is 4.73. The van der Waals surface area contributed by atoms with Gasteiger partial charge in [-0.3, -0.25) is 0 Å². The van der Waals surface area contributed by atoms with Gasteiger partial charge in [-0.05, 0) is 56.5 Å². The van der Waals surface area contributed by atoms with Crippen LogP contribution in [-0.2, 0) is 16.4 Å². The molecule has 1 aliphatic rings. The third kappa shape index (κ3) is 3.84. The third-order valence-corrected chi connectivity index (χ3v) is 6.09. The molecule has 1 aliphatic heterocycles. The predicted molar refractivity (Wildman–Crippen MR) is 85.8 cm³/mol. The van der Waals surface area contributed by atoms with Crippen molar-refractivity contribution in [2.24, 2.45) is 5.92 Å². The van der Waals surface area contributed by atoms with Crippen LogP contribution < -0.4 is 5.32 Å². The topological polar surface area (TPSA) is 49.4 Å². The van der Waals surface area contributed by atoms with E-state index >= 15 is 0 Å². The fraction of sp³-hybridized carbons (Fsp3) is 0.625. The second-order valence-corrected chi connectivity index (χ2v) is 7.90. The van der Waals surface area contributed by atoms with E-state index in [-0.39, 0.29) is 6.04 Å². The van der Waals surface area contributed by atoms with E-state index in [1.807, 2.05) is 19.1 Å². The van der Waals surface area contributed by atoms with Gasteiger partial charge in [0.1, 0.15) is 0 Å². The van der Waals surface area contributed by atoms with Crippen LogP contribution in [0.15, 0.2) is 29.2 Å². The number of hydrogen-bond acceptors (Lipinski definition) is 3. The summed E-state index contributed by atoms with van der Waals surface area (Å²) in [6, 6.07) is 7.43. The van der Waals surface area contributed by atoms with Crippen LogP contribution in [0.4, 0.5) is 0 Å². The van der Waals surface area contributed by atoms with E-state index in [2.05, 4.69) is 19.2 Å². The van der Waals surface area contributed by atoms with Gasteiger partial charge in [-0.25, -0.2) is 8.42 Å². The van der Waals surface area contributed by atoms with Crippen molar-refractivity contribution >= 4 is 10.0 Å².